The molecule has 0 aliphatic carbocycles. The van der Waals surface area contributed by atoms with Crippen LogP contribution in [0.3, 0.4) is 0 Å². The van der Waals surface area contributed by atoms with Crippen LogP contribution in [0, 0.1) is 11.8 Å². The SMILES string of the molecule is CC(CC(=O)Nc1ccc(NC(=O)c2ccco2)cc1)C1CCNCC1.Cl. The van der Waals surface area contributed by atoms with Crippen molar-refractivity contribution in [3.63, 3.8) is 0 Å². The van der Waals surface area contributed by atoms with Gasteiger partial charge in [-0.15, -0.1) is 12.4 Å². The highest BCUT2D eigenvalue weighted by Crippen LogP contribution is 2.25. The molecule has 1 atom stereocenters. The molecule has 1 aliphatic rings. The summed E-state index contributed by atoms with van der Waals surface area (Å²) in [5.74, 6) is 0.977. The number of hydrogen-bond donors (Lipinski definition) is 3. The first-order chi connectivity index (χ1) is 12.6. The number of carbonyl (C=O) groups is 2. The zero-order chi connectivity index (χ0) is 18.4. The summed E-state index contributed by atoms with van der Waals surface area (Å²) in [7, 11) is 0. The van der Waals surface area contributed by atoms with Crippen molar-refractivity contribution in [2.45, 2.75) is 26.2 Å². The number of anilines is 2. The van der Waals surface area contributed by atoms with E-state index >= 15 is 0 Å². The lowest BCUT2D eigenvalue weighted by Gasteiger charge is -2.27. The quantitative estimate of drug-likeness (QED) is 0.696. The second-order valence-corrected chi connectivity index (χ2v) is 6.83. The number of hydrogen-bond acceptors (Lipinski definition) is 4. The molecule has 0 bridgehead atoms. The molecule has 146 valence electrons. The lowest BCUT2D eigenvalue weighted by atomic mass is 9.84. The van der Waals surface area contributed by atoms with Crippen LogP contribution in [-0.2, 0) is 4.79 Å². The van der Waals surface area contributed by atoms with Gasteiger partial charge in [-0.25, -0.2) is 0 Å². The lowest BCUT2D eigenvalue weighted by Crippen LogP contribution is -2.32. The fraction of sp³-hybridized carbons (Fsp3) is 0.400. The molecule has 0 radical (unpaired) electrons. The highest BCUT2D eigenvalue weighted by atomic mass is 35.5. The highest BCUT2D eigenvalue weighted by Gasteiger charge is 2.22. The van der Waals surface area contributed by atoms with E-state index in [0.29, 0.717) is 23.9 Å². The Morgan fingerprint density at radius 3 is 2.33 bits per heavy atom. The van der Waals surface area contributed by atoms with Gasteiger partial charge in [-0.2, -0.15) is 0 Å². The van der Waals surface area contributed by atoms with Crippen LogP contribution < -0.4 is 16.0 Å². The third-order valence-electron chi connectivity index (χ3n) is 4.87. The topological polar surface area (TPSA) is 83.4 Å². The second kappa shape index (κ2) is 10.1. The summed E-state index contributed by atoms with van der Waals surface area (Å²) in [5.41, 5.74) is 1.37. The Kier molecular flexibility index (Phi) is 7.88. The first kappa shape index (κ1) is 21.0. The molecule has 0 spiro atoms. The molecule has 1 aromatic carbocycles. The van der Waals surface area contributed by atoms with E-state index < -0.39 is 0 Å². The van der Waals surface area contributed by atoms with Gasteiger partial charge in [-0.3, -0.25) is 9.59 Å². The first-order valence-electron chi connectivity index (χ1n) is 9.07. The van der Waals surface area contributed by atoms with Gasteiger partial charge in [0.2, 0.25) is 5.91 Å². The van der Waals surface area contributed by atoms with Crippen molar-refractivity contribution in [1.29, 1.82) is 0 Å². The van der Waals surface area contributed by atoms with Gasteiger partial charge in [0.1, 0.15) is 0 Å². The molecule has 6 nitrogen and oxygen atoms in total. The summed E-state index contributed by atoms with van der Waals surface area (Å²) in [6.07, 6.45) is 4.26. The van der Waals surface area contributed by atoms with Crippen LogP contribution in [0.25, 0.3) is 0 Å². The van der Waals surface area contributed by atoms with Gasteiger partial charge in [-0.1, -0.05) is 6.92 Å². The number of benzene rings is 1. The second-order valence-electron chi connectivity index (χ2n) is 6.83. The standard InChI is InChI=1S/C20H25N3O3.ClH/c1-14(15-8-10-21-11-9-15)13-19(24)22-16-4-6-17(7-5-16)23-20(25)18-3-2-12-26-18;/h2-7,12,14-15,21H,8-11,13H2,1H3,(H,22,24)(H,23,25);1H. The molecule has 2 amide bonds. The normalized spacial score (nSPS) is 15.4. The predicted molar refractivity (Wildman–Crippen MR) is 108 cm³/mol. The molecule has 1 fully saturated rings. The lowest BCUT2D eigenvalue weighted by molar-refractivity contribution is -0.117. The molecule has 1 aromatic heterocycles. The van der Waals surface area contributed by atoms with Crippen LogP contribution in [-0.4, -0.2) is 24.9 Å². The van der Waals surface area contributed by atoms with Crippen molar-refractivity contribution in [2.75, 3.05) is 23.7 Å². The Balaban J connectivity index is 0.00000261. The van der Waals surface area contributed by atoms with Gasteiger partial charge in [0.05, 0.1) is 6.26 Å². The van der Waals surface area contributed by atoms with E-state index in [9.17, 15) is 9.59 Å². The van der Waals surface area contributed by atoms with Crippen molar-refractivity contribution in [3.8, 4) is 0 Å². The maximum atomic E-state index is 12.3. The van der Waals surface area contributed by atoms with Gasteiger partial charge in [-0.05, 0) is 74.2 Å². The summed E-state index contributed by atoms with van der Waals surface area (Å²) in [6.45, 7) is 4.24. The minimum Gasteiger partial charge on any atom is -0.459 e. The molecule has 2 aromatic rings. The molecule has 3 rings (SSSR count). The maximum Gasteiger partial charge on any atom is 0.291 e. The molecule has 7 heteroatoms. The Morgan fingerprint density at radius 2 is 1.74 bits per heavy atom. The minimum absolute atomic E-state index is 0. The molecule has 3 N–H and O–H groups in total. The van der Waals surface area contributed by atoms with E-state index in [4.69, 9.17) is 4.42 Å². The number of amides is 2. The summed E-state index contributed by atoms with van der Waals surface area (Å²) in [4.78, 5) is 24.2. The Morgan fingerprint density at radius 1 is 1.11 bits per heavy atom. The number of furan rings is 1. The van der Waals surface area contributed by atoms with E-state index in [1.54, 1.807) is 36.4 Å². The monoisotopic (exact) mass is 391 g/mol. The molecular weight excluding hydrogens is 366 g/mol. The van der Waals surface area contributed by atoms with Crippen LogP contribution >= 0.6 is 12.4 Å². The van der Waals surface area contributed by atoms with E-state index in [1.165, 1.54) is 6.26 Å². The smallest absolute Gasteiger partial charge is 0.291 e. The Labute approximate surface area is 165 Å². The number of rotatable bonds is 6. The maximum absolute atomic E-state index is 12.3. The average molecular weight is 392 g/mol. The van der Waals surface area contributed by atoms with Crippen molar-refractivity contribution in [3.05, 3.63) is 48.4 Å². The fourth-order valence-corrected chi connectivity index (χ4v) is 3.32. The summed E-state index contributed by atoms with van der Waals surface area (Å²) in [6, 6.07) is 10.3. The van der Waals surface area contributed by atoms with Crippen LogP contribution in [0.1, 0.15) is 36.7 Å². The third kappa shape index (κ3) is 6.12. The molecule has 27 heavy (non-hydrogen) atoms. The molecule has 1 unspecified atom stereocenters. The molecule has 2 heterocycles. The highest BCUT2D eigenvalue weighted by molar-refractivity contribution is 6.02. The third-order valence-corrected chi connectivity index (χ3v) is 4.87. The molecule has 1 aliphatic heterocycles. The summed E-state index contributed by atoms with van der Waals surface area (Å²) >= 11 is 0. The zero-order valence-electron chi connectivity index (χ0n) is 15.4. The Hall–Kier alpha value is -2.31. The number of nitrogens with one attached hydrogen (secondary N) is 3. The predicted octanol–water partition coefficient (Wildman–Crippen LogP) is 3.92. The van der Waals surface area contributed by atoms with Gasteiger partial charge in [0, 0.05) is 17.8 Å². The number of piperidine rings is 1. The van der Waals surface area contributed by atoms with Gasteiger partial charge < -0.3 is 20.4 Å². The van der Waals surface area contributed by atoms with Gasteiger partial charge in [0.25, 0.3) is 5.91 Å². The molecular formula is C20H26ClN3O3. The Bertz CT molecular complexity index is 725. The minimum atomic E-state index is -0.303. The van der Waals surface area contributed by atoms with Gasteiger partial charge in [0.15, 0.2) is 5.76 Å². The van der Waals surface area contributed by atoms with Crippen LogP contribution in [0.2, 0.25) is 0 Å². The fourth-order valence-electron chi connectivity index (χ4n) is 3.32. The largest absolute Gasteiger partial charge is 0.459 e. The van der Waals surface area contributed by atoms with Crippen molar-refractivity contribution >= 4 is 35.6 Å². The van der Waals surface area contributed by atoms with E-state index in [2.05, 4.69) is 22.9 Å². The van der Waals surface area contributed by atoms with Crippen LogP contribution in [0.15, 0.2) is 47.1 Å². The number of carbonyl (C=O) groups excluding carboxylic acids is 2. The van der Waals surface area contributed by atoms with E-state index in [1.807, 2.05) is 0 Å². The van der Waals surface area contributed by atoms with Crippen LogP contribution in [0.4, 0.5) is 11.4 Å². The van der Waals surface area contributed by atoms with E-state index in [0.717, 1.165) is 31.6 Å². The first-order valence-corrected chi connectivity index (χ1v) is 9.07. The average Bonchev–Trinajstić information content (AvgIpc) is 3.19. The van der Waals surface area contributed by atoms with Crippen molar-refractivity contribution in [1.82, 2.24) is 5.32 Å². The molecule has 0 saturated carbocycles. The van der Waals surface area contributed by atoms with Gasteiger partial charge >= 0.3 is 0 Å². The summed E-state index contributed by atoms with van der Waals surface area (Å²) in [5, 5.41) is 9.04. The van der Waals surface area contributed by atoms with Crippen molar-refractivity contribution in [2.24, 2.45) is 11.8 Å². The zero-order valence-corrected chi connectivity index (χ0v) is 16.2. The molecule has 1 saturated heterocycles. The van der Waals surface area contributed by atoms with Crippen LogP contribution in [0.5, 0.6) is 0 Å². The van der Waals surface area contributed by atoms with Crippen molar-refractivity contribution < 1.29 is 14.0 Å². The summed E-state index contributed by atoms with van der Waals surface area (Å²) < 4.78 is 5.06. The number of halogens is 1. The van der Waals surface area contributed by atoms with E-state index in [-0.39, 0.29) is 30.0 Å².